The lowest BCUT2D eigenvalue weighted by molar-refractivity contribution is 0.0356. The van der Waals surface area contributed by atoms with Crippen molar-refractivity contribution in [1.82, 2.24) is 4.98 Å². The molecule has 0 fully saturated rings. The lowest BCUT2D eigenvalue weighted by Crippen LogP contribution is -2.35. The molecular weight excluding hydrogens is 272 g/mol. The van der Waals surface area contributed by atoms with Crippen LogP contribution in [0.4, 0.5) is 5.82 Å². The van der Waals surface area contributed by atoms with Gasteiger partial charge in [0.25, 0.3) is 0 Å². The van der Waals surface area contributed by atoms with Crippen molar-refractivity contribution in [2.75, 3.05) is 25.6 Å². The third kappa shape index (κ3) is 5.02. The molecule has 0 aromatic carbocycles. The molecule has 3 N–H and O–H groups in total. The van der Waals surface area contributed by atoms with Crippen molar-refractivity contribution in [3.8, 4) is 0 Å². The van der Waals surface area contributed by atoms with E-state index in [1.54, 1.807) is 14.0 Å². The highest BCUT2D eigenvalue weighted by atomic mass is 35.5. The highest BCUT2D eigenvalue weighted by Gasteiger charge is 2.21. The van der Waals surface area contributed by atoms with Gasteiger partial charge in [0.1, 0.15) is 16.5 Å². The molecule has 1 rings (SSSR count). The Kier molecular flexibility index (Phi) is 5.53. The number of methoxy groups -OCH3 is 1. The van der Waals surface area contributed by atoms with E-state index in [0.29, 0.717) is 13.0 Å². The van der Waals surface area contributed by atoms with Crippen LogP contribution < -0.4 is 5.32 Å². The molecule has 0 saturated carbocycles. The van der Waals surface area contributed by atoms with E-state index in [9.17, 15) is 9.90 Å². The molecule has 106 valence electrons. The van der Waals surface area contributed by atoms with Gasteiger partial charge in [0.2, 0.25) is 0 Å². The maximum atomic E-state index is 11.0. The number of nitrogens with one attached hydrogen (secondary N) is 1. The fourth-order valence-corrected chi connectivity index (χ4v) is 1.57. The quantitative estimate of drug-likeness (QED) is 0.661. The summed E-state index contributed by atoms with van der Waals surface area (Å²) in [6, 6.07) is 2.77. The van der Waals surface area contributed by atoms with Crippen molar-refractivity contribution in [2.45, 2.75) is 18.9 Å². The molecule has 19 heavy (non-hydrogen) atoms. The Bertz CT molecular complexity index is 451. The maximum Gasteiger partial charge on any atom is 0.339 e. The normalized spacial score (nSPS) is 13.9. The highest BCUT2D eigenvalue weighted by molar-refractivity contribution is 6.29. The zero-order valence-corrected chi connectivity index (χ0v) is 11.6. The zero-order valence-electron chi connectivity index (χ0n) is 10.8. The first-order valence-corrected chi connectivity index (χ1v) is 6.08. The first-order valence-electron chi connectivity index (χ1n) is 5.71. The predicted octanol–water partition coefficient (Wildman–Crippen LogP) is 1.63. The summed E-state index contributed by atoms with van der Waals surface area (Å²) in [5.74, 6) is -0.971. The van der Waals surface area contributed by atoms with E-state index in [1.807, 2.05) is 0 Å². The van der Waals surface area contributed by atoms with Crippen molar-refractivity contribution in [3.05, 3.63) is 22.8 Å². The highest BCUT2D eigenvalue weighted by Crippen LogP contribution is 2.18. The number of anilines is 1. The van der Waals surface area contributed by atoms with Gasteiger partial charge >= 0.3 is 5.97 Å². The van der Waals surface area contributed by atoms with Gasteiger partial charge in [-0.15, -0.1) is 0 Å². The minimum atomic E-state index is -1.11. The summed E-state index contributed by atoms with van der Waals surface area (Å²) >= 11 is 5.73. The molecule has 1 heterocycles. The number of carboxylic acid groups (broad SMARTS) is 1. The topological polar surface area (TPSA) is 91.7 Å². The number of carboxylic acids is 1. The lowest BCUT2D eigenvalue weighted by Gasteiger charge is -2.24. The number of carbonyl (C=O) groups is 1. The minimum Gasteiger partial charge on any atom is -0.478 e. The average molecular weight is 289 g/mol. The van der Waals surface area contributed by atoms with Crippen LogP contribution in [0.25, 0.3) is 0 Å². The Morgan fingerprint density at radius 3 is 2.84 bits per heavy atom. The largest absolute Gasteiger partial charge is 0.478 e. The van der Waals surface area contributed by atoms with Gasteiger partial charge in [0.05, 0.1) is 5.60 Å². The number of aromatic nitrogens is 1. The molecule has 0 spiro atoms. The van der Waals surface area contributed by atoms with Crippen molar-refractivity contribution < 1.29 is 19.7 Å². The second-order valence-electron chi connectivity index (χ2n) is 4.43. The minimum absolute atomic E-state index is 0.00643. The van der Waals surface area contributed by atoms with Crippen molar-refractivity contribution >= 4 is 23.4 Å². The molecule has 0 aliphatic rings. The van der Waals surface area contributed by atoms with Gasteiger partial charge in [0.15, 0.2) is 0 Å². The Labute approximate surface area is 116 Å². The molecule has 0 aliphatic carbocycles. The van der Waals surface area contributed by atoms with Crippen LogP contribution in [0.2, 0.25) is 5.15 Å². The maximum absolute atomic E-state index is 11.0. The fraction of sp³-hybridized carbons (Fsp3) is 0.500. The summed E-state index contributed by atoms with van der Waals surface area (Å²) in [5, 5.41) is 22.1. The second kappa shape index (κ2) is 6.70. The number of pyridine rings is 1. The molecule has 1 aromatic rings. The predicted molar refractivity (Wildman–Crippen MR) is 71.8 cm³/mol. The van der Waals surface area contributed by atoms with Crippen LogP contribution >= 0.6 is 11.6 Å². The molecule has 0 bridgehead atoms. The molecular formula is C12H17ClN2O4. The number of ether oxygens (including phenoxy) is 1. The van der Waals surface area contributed by atoms with E-state index in [4.69, 9.17) is 21.4 Å². The molecule has 0 aliphatic heterocycles. The van der Waals surface area contributed by atoms with Crippen LogP contribution in [-0.2, 0) is 4.74 Å². The second-order valence-corrected chi connectivity index (χ2v) is 4.82. The number of rotatable bonds is 7. The SMILES string of the molecule is COCCC(C)(O)CNc1nc(Cl)ccc1C(=O)O. The van der Waals surface area contributed by atoms with Gasteiger partial charge in [0, 0.05) is 26.7 Å². The van der Waals surface area contributed by atoms with Crippen molar-refractivity contribution in [1.29, 1.82) is 0 Å². The van der Waals surface area contributed by atoms with E-state index in [-0.39, 0.29) is 23.1 Å². The molecule has 1 aromatic heterocycles. The summed E-state index contributed by atoms with van der Waals surface area (Å²) in [6.45, 7) is 2.18. The summed E-state index contributed by atoms with van der Waals surface area (Å²) in [7, 11) is 1.55. The van der Waals surface area contributed by atoms with Gasteiger partial charge in [-0.05, 0) is 19.1 Å². The van der Waals surface area contributed by atoms with Gasteiger partial charge in [-0.2, -0.15) is 0 Å². The molecule has 6 nitrogen and oxygen atoms in total. The van der Waals surface area contributed by atoms with Crippen LogP contribution in [0.1, 0.15) is 23.7 Å². The molecule has 1 unspecified atom stereocenters. The summed E-state index contributed by atoms with van der Waals surface area (Å²) < 4.78 is 4.89. The van der Waals surface area contributed by atoms with Gasteiger partial charge < -0.3 is 20.3 Å². The molecule has 0 radical (unpaired) electrons. The van der Waals surface area contributed by atoms with Crippen LogP contribution in [0.3, 0.4) is 0 Å². The van der Waals surface area contributed by atoms with E-state index >= 15 is 0 Å². The fourth-order valence-electron chi connectivity index (χ4n) is 1.43. The van der Waals surface area contributed by atoms with E-state index in [1.165, 1.54) is 12.1 Å². The van der Waals surface area contributed by atoms with Crippen LogP contribution in [-0.4, -0.2) is 47.0 Å². The Hall–Kier alpha value is -1.37. The zero-order chi connectivity index (χ0) is 14.5. The smallest absolute Gasteiger partial charge is 0.339 e. The number of aromatic carboxylic acids is 1. The summed E-state index contributed by atoms with van der Waals surface area (Å²) in [6.07, 6.45) is 0.416. The number of hydrogen-bond acceptors (Lipinski definition) is 5. The Balaban J connectivity index is 2.76. The number of hydrogen-bond donors (Lipinski definition) is 3. The average Bonchev–Trinajstić information content (AvgIpc) is 2.34. The van der Waals surface area contributed by atoms with Crippen molar-refractivity contribution in [3.63, 3.8) is 0 Å². The first-order chi connectivity index (χ1) is 8.85. The number of nitrogens with zero attached hydrogens (tertiary/aromatic N) is 1. The van der Waals surface area contributed by atoms with Crippen LogP contribution in [0.15, 0.2) is 12.1 Å². The van der Waals surface area contributed by atoms with E-state index in [2.05, 4.69) is 10.3 Å². The number of halogens is 1. The Morgan fingerprint density at radius 1 is 1.58 bits per heavy atom. The van der Waals surface area contributed by atoms with Gasteiger partial charge in [-0.3, -0.25) is 0 Å². The molecule has 0 saturated heterocycles. The molecule has 0 amide bonds. The third-order valence-electron chi connectivity index (χ3n) is 2.57. The van der Waals surface area contributed by atoms with Gasteiger partial charge in [-0.1, -0.05) is 11.6 Å². The van der Waals surface area contributed by atoms with E-state index < -0.39 is 11.6 Å². The summed E-state index contributed by atoms with van der Waals surface area (Å²) in [5.41, 5.74) is -1.03. The monoisotopic (exact) mass is 288 g/mol. The number of aliphatic hydroxyl groups is 1. The van der Waals surface area contributed by atoms with Crippen LogP contribution in [0, 0.1) is 0 Å². The van der Waals surface area contributed by atoms with Crippen LogP contribution in [0.5, 0.6) is 0 Å². The van der Waals surface area contributed by atoms with Crippen molar-refractivity contribution in [2.24, 2.45) is 0 Å². The molecule has 1 atom stereocenters. The third-order valence-corrected chi connectivity index (χ3v) is 2.78. The molecule has 7 heteroatoms. The summed E-state index contributed by atoms with van der Waals surface area (Å²) in [4.78, 5) is 14.9. The van der Waals surface area contributed by atoms with E-state index in [0.717, 1.165) is 0 Å². The lowest BCUT2D eigenvalue weighted by atomic mass is 10.0. The standard InChI is InChI=1S/C12H17ClN2O4/c1-12(18,5-6-19-2)7-14-10-8(11(16)17)3-4-9(13)15-10/h3-4,18H,5-7H2,1-2H3,(H,14,15)(H,16,17). The first kappa shape index (κ1) is 15.7. The van der Waals surface area contributed by atoms with Gasteiger partial charge in [-0.25, -0.2) is 9.78 Å². The Morgan fingerprint density at radius 2 is 2.26 bits per heavy atom.